The molecule has 2 rings (SSSR count). The maximum Gasteiger partial charge on any atom is 0.277 e. The third-order valence-corrected chi connectivity index (χ3v) is 2.68. The summed E-state index contributed by atoms with van der Waals surface area (Å²) in [6.45, 7) is 1.58. The zero-order valence-electron chi connectivity index (χ0n) is 9.89. The number of fused-ring (bicyclic) bond motifs is 1. The molecule has 0 unspecified atom stereocenters. The van der Waals surface area contributed by atoms with Gasteiger partial charge in [-0.3, -0.25) is 4.79 Å². The summed E-state index contributed by atoms with van der Waals surface area (Å²) in [6, 6.07) is 7.29. The van der Waals surface area contributed by atoms with Crippen LogP contribution in [0.25, 0.3) is 10.9 Å². The Morgan fingerprint density at radius 1 is 1.29 bits per heavy atom. The average molecular weight is 232 g/mol. The van der Waals surface area contributed by atoms with Crippen molar-refractivity contribution in [1.29, 1.82) is 0 Å². The Bertz CT molecular complexity index is 549. The molecule has 0 radical (unpaired) electrons. The molecule has 0 fully saturated rings. The van der Waals surface area contributed by atoms with Crippen LogP contribution in [-0.4, -0.2) is 28.6 Å². The minimum Gasteiger partial charge on any atom is -0.320 e. The number of aryl methyl sites for hydroxylation is 1. The van der Waals surface area contributed by atoms with Crippen molar-refractivity contribution in [3.63, 3.8) is 0 Å². The van der Waals surface area contributed by atoms with Crippen molar-refractivity contribution in [2.45, 2.75) is 19.4 Å². The lowest BCUT2D eigenvalue weighted by Gasteiger charge is -2.04. The molecular formula is C12H16N4O. The van der Waals surface area contributed by atoms with Crippen molar-refractivity contribution in [3.8, 4) is 0 Å². The minimum absolute atomic E-state index is 0.0555. The van der Waals surface area contributed by atoms with E-state index in [1.165, 1.54) is 4.68 Å². The summed E-state index contributed by atoms with van der Waals surface area (Å²) in [5.74, 6) is 0. The van der Waals surface area contributed by atoms with Gasteiger partial charge in [-0.15, -0.1) is 5.10 Å². The van der Waals surface area contributed by atoms with Crippen molar-refractivity contribution in [2.75, 3.05) is 13.6 Å². The molecule has 1 aromatic heterocycles. The maximum atomic E-state index is 12.0. The highest BCUT2D eigenvalue weighted by Gasteiger charge is 2.03. The molecule has 1 aromatic carbocycles. The molecule has 5 heteroatoms. The highest BCUT2D eigenvalue weighted by molar-refractivity contribution is 5.76. The molecule has 0 aliphatic rings. The number of aromatic nitrogens is 3. The van der Waals surface area contributed by atoms with Crippen LogP contribution in [0.1, 0.15) is 12.8 Å². The van der Waals surface area contributed by atoms with Crippen LogP contribution < -0.4 is 10.9 Å². The van der Waals surface area contributed by atoms with Crippen LogP contribution in [0.5, 0.6) is 0 Å². The fourth-order valence-corrected chi connectivity index (χ4v) is 1.73. The number of benzene rings is 1. The lowest BCUT2D eigenvalue weighted by molar-refractivity contribution is 0.506. The van der Waals surface area contributed by atoms with E-state index in [0.29, 0.717) is 17.4 Å². The first-order valence-electron chi connectivity index (χ1n) is 5.80. The summed E-state index contributed by atoms with van der Waals surface area (Å²) >= 11 is 0. The first-order chi connectivity index (χ1) is 8.33. The Kier molecular flexibility index (Phi) is 3.82. The molecule has 0 spiro atoms. The molecule has 1 heterocycles. The van der Waals surface area contributed by atoms with Crippen LogP contribution in [-0.2, 0) is 6.54 Å². The Morgan fingerprint density at radius 2 is 2.12 bits per heavy atom. The third kappa shape index (κ3) is 2.68. The smallest absolute Gasteiger partial charge is 0.277 e. The van der Waals surface area contributed by atoms with Crippen LogP contribution in [0.4, 0.5) is 0 Å². The normalized spacial score (nSPS) is 10.9. The van der Waals surface area contributed by atoms with E-state index in [1.807, 2.05) is 19.2 Å². The van der Waals surface area contributed by atoms with Gasteiger partial charge in [0.2, 0.25) is 0 Å². The molecule has 0 amide bonds. The second-order valence-corrected chi connectivity index (χ2v) is 3.95. The van der Waals surface area contributed by atoms with Crippen LogP contribution >= 0.6 is 0 Å². The summed E-state index contributed by atoms with van der Waals surface area (Å²) in [4.78, 5) is 12.0. The van der Waals surface area contributed by atoms with Gasteiger partial charge in [0, 0.05) is 6.54 Å². The lowest BCUT2D eigenvalue weighted by Crippen LogP contribution is -2.24. The lowest BCUT2D eigenvalue weighted by atomic mass is 10.2. The standard InChI is InChI=1S/C12H16N4O/c1-13-8-4-5-9-16-12(17)10-6-2-3-7-11(10)14-15-16/h2-3,6-7,13H,4-5,8-9H2,1H3. The minimum atomic E-state index is -0.0555. The van der Waals surface area contributed by atoms with E-state index in [-0.39, 0.29) is 5.56 Å². The van der Waals surface area contributed by atoms with Crippen molar-refractivity contribution >= 4 is 10.9 Å². The number of hydrogen-bond donors (Lipinski definition) is 1. The van der Waals surface area contributed by atoms with E-state index in [2.05, 4.69) is 15.6 Å². The number of rotatable bonds is 5. The molecule has 0 saturated carbocycles. The highest BCUT2D eigenvalue weighted by atomic mass is 16.1. The fraction of sp³-hybridized carbons (Fsp3) is 0.417. The van der Waals surface area contributed by atoms with Crippen LogP contribution in [0.15, 0.2) is 29.1 Å². The van der Waals surface area contributed by atoms with Crippen LogP contribution in [0, 0.1) is 0 Å². The van der Waals surface area contributed by atoms with Gasteiger partial charge in [0.25, 0.3) is 5.56 Å². The van der Waals surface area contributed by atoms with Crippen molar-refractivity contribution in [1.82, 2.24) is 20.3 Å². The van der Waals surface area contributed by atoms with Crippen LogP contribution in [0.3, 0.4) is 0 Å². The van der Waals surface area contributed by atoms with Gasteiger partial charge in [-0.05, 0) is 38.6 Å². The summed E-state index contributed by atoms with van der Waals surface area (Å²) in [5, 5.41) is 11.7. The SMILES string of the molecule is CNCCCCn1nnc2ccccc2c1=O. The van der Waals surface area contributed by atoms with Gasteiger partial charge in [-0.1, -0.05) is 17.3 Å². The van der Waals surface area contributed by atoms with E-state index in [4.69, 9.17) is 0 Å². The summed E-state index contributed by atoms with van der Waals surface area (Å²) in [5.41, 5.74) is 0.601. The van der Waals surface area contributed by atoms with E-state index in [1.54, 1.807) is 12.1 Å². The quantitative estimate of drug-likeness (QED) is 0.774. The zero-order valence-corrected chi connectivity index (χ0v) is 9.89. The fourth-order valence-electron chi connectivity index (χ4n) is 1.73. The molecule has 17 heavy (non-hydrogen) atoms. The first kappa shape index (κ1) is 11.7. The summed E-state index contributed by atoms with van der Waals surface area (Å²) < 4.78 is 1.44. The van der Waals surface area contributed by atoms with Gasteiger partial charge in [0.1, 0.15) is 5.52 Å². The van der Waals surface area contributed by atoms with E-state index in [0.717, 1.165) is 19.4 Å². The molecule has 0 atom stereocenters. The van der Waals surface area contributed by atoms with E-state index in [9.17, 15) is 4.79 Å². The van der Waals surface area contributed by atoms with Crippen molar-refractivity contribution < 1.29 is 0 Å². The molecule has 2 aromatic rings. The summed E-state index contributed by atoms with van der Waals surface area (Å²) in [7, 11) is 1.92. The Hall–Kier alpha value is -1.75. The second-order valence-electron chi connectivity index (χ2n) is 3.95. The number of unbranched alkanes of at least 4 members (excludes halogenated alkanes) is 1. The van der Waals surface area contributed by atoms with E-state index < -0.39 is 0 Å². The van der Waals surface area contributed by atoms with Crippen molar-refractivity contribution in [3.05, 3.63) is 34.6 Å². The van der Waals surface area contributed by atoms with E-state index >= 15 is 0 Å². The highest BCUT2D eigenvalue weighted by Crippen LogP contribution is 2.03. The number of nitrogens with one attached hydrogen (secondary N) is 1. The number of nitrogens with zero attached hydrogens (tertiary/aromatic N) is 3. The Balaban J connectivity index is 2.18. The zero-order chi connectivity index (χ0) is 12.1. The Labute approximate surface area is 99.5 Å². The van der Waals surface area contributed by atoms with Gasteiger partial charge < -0.3 is 5.32 Å². The maximum absolute atomic E-state index is 12.0. The topological polar surface area (TPSA) is 59.8 Å². The molecule has 1 N–H and O–H groups in total. The number of hydrogen-bond acceptors (Lipinski definition) is 4. The van der Waals surface area contributed by atoms with Gasteiger partial charge in [-0.2, -0.15) is 0 Å². The summed E-state index contributed by atoms with van der Waals surface area (Å²) in [6.07, 6.45) is 1.95. The Morgan fingerprint density at radius 3 is 2.94 bits per heavy atom. The molecule has 5 nitrogen and oxygen atoms in total. The molecule has 90 valence electrons. The predicted molar refractivity (Wildman–Crippen MR) is 67.0 cm³/mol. The van der Waals surface area contributed by atoms with Gasteiger partial charge in [0.15, 0.2) is 0 Å². The first-order valence-corrected chi connectivity index (χ1v) is 5.80. The largest absolute Gasteiger partial charge is 0.320 e. The molecule has 0 bridgehead atoms. The predicted octanol–water partition coefficient (Wildman–Crippen LogP) is 0.791. The van der Waals surface area contributed by atoms with Crippen molar-refractivity contribution in [2.24, 2.45) is 0 Å². The third-order valence-electron chi connectivity index (χ3n) is 2.68. The molecule has 0 aliphatic carbocycles. The molecular weight excluding hydrogens is 216 g/mol. The van der Waals surface area contributed by atoms with Gasteiger partial charge in [-0.25, -0.2) is 4.68 Å². The monoisotopic (exact) mass is 232 g/mol. The molecule has 0 aliphatic heterocycles. The van der Waals surface area contributed by atoms with Gasteiger partial charge in [0.05, 0.1) is 5.39 Å². The average Bonchev–Trinajstić information content (AvgIpc) is 2.37. The second kappa shape index (κ2) is 5.54. The molecule has 0 saturated heterocycles. The van der Waals surface area contributed by atoms with Crippen LogP contribution in [0.2, 0.25) is 0 Å². The van der Waals surface area contributed by atoms with Gasteiger partial charge >= 0.3 is 0 Å².